The van der Waals surface area contributed by atoms with Crippen molar-refractivity contribution in [2.45, 2.75) is 110 Å². The summed E-state index contributed by atoms with van der Waals surface area (Å²) >= 11 is 0. The summed E-state index contributed by atoms with van der Waals surface area (Å²) in [5.74, 6) is -0.331. The van der Waals surface area contributed by atoms with Gasteiger partial charge in [-0.2, -0.15) is 0 Å². The number of hydrogen-bond acceptors (Lipinski definition) is 2. The maximum atomic E-state index is 11.7. The van der Waals surface area contributed by atoms with E-state index >= 15 is 0 Å². The van der Waals surface area contributed by atoms with Crippen LogP contribution in [0.15, 0.2) is 0 Å². The molecule has 0 heterocycles. The van der Waals surface area contributed by atoms with Crippen LogP contribution < -0.4 is 0 Å². The van der Waals surface area contributed by atoms with Gasteiger partial charge < -0.3 is 5.11 Å². The maximum Gasteiger partial charge on any atom is 0.303 e. The second kappa shape index (κ2) is 16.5. The summed E-state index contributed by atoms with van der Waals surface area (Å²) in [6.07, 6.45) is 16.9. The quantitative estimate of drug-likeness (QED) is 0.340. The Hall–Kier alpha value is -0.860. The van der Waals surface area contributed by atoms with Gasteiger partial charge in [0.25, 0.3) is 0 Å². The standard InChI is InChI=1S/C19H36O3/c1-2-3-4-5-6-7-8-9-12-15-18(20)16-13-10-11-14-17-19(21)22/h2-17H2,1H3,(H,21,22). The molecule has 0 aromatic rings. The van der Waals surface area contributed by atoms with E-state index in [4.69, 9.17) is 5.11 Å². The molecule has 1 N–H and O–H groups in total. The van der Waals surface area contributed by atoms with E-state index in [0.717, 1.165) is 38.5 Å². The molecular weight excluding hydrogens is 276 g/mol. The van der Waals surface area contributed by atoms with Crippen molar-refractivity contribution in [1.29, 1.82) is 0 Å². The minimum absolute atomic E-state index is 0.256. The molecule has 0 fully saturated rings. The van der Waals surface area contributed by atoms with Crippen molar-refractivity contribution in [3.05, 3.63) is 0 Å². The van der Waals surface area contributed by atoms with Gasteiger partial charge in [-0.1, -0.05) is 71.1 Å². The monoisotopic (exact) mass is 312 g/mol. The van der Waals surface area contributed by atoms with E-state index in [9.17, 15) is 9.59 Å². The summed E-state index contributed by atoms with van der Waals surface area (Å²) in [6.45, 7) is 2.24. The summed E-state index contributed by atoms with van der Waals surface area (Å²) < 4.78 is 0. The van der Waals surface area contributed by atoms with E-state index in [1.165, 1.54) is 51.4 Å². The van der Waals surface area contributed by atoms with E-state index in [2.05, 4.69) is 6.92 Å². The van der Waals surface area contributed by atoms with Gasteiger partial charge in [-0.15, -0.1) is 0 Å². The van der Waals surface area contributed by atoms with Crippen molar-refractivity contribution in [2.24, 2.45) is 0 Å². The number of aliphatic carboxylic acids is 1. The van der Waals surface area contributed by atoms with Gasteiger partial charge >= 0.3 is 5.97 Å². The Labute approximate surface area is 136 Å². The van der Waals surface area contributed by atoms with Crippen LogP contribution in [0.4, 0.5) is 0 Å². The van der Waals surface area contributed by atoms with Crippen LogP contribution >= 0.6 is 0 Å². The van der Waals surface area contributed by atoms with Crippen molar-refractivity contribution in [2.75, 3.05) is 0 Å². The fourth-order valence-electron chi connectivity index (χ4n) is 2.71. The third-order valence-corrected chi connectivity index (χ3v) is 4.16. The van der Waals surface area contributed by atoms with Gasteiger partial charge in [0.2, 0.25) is 0 Å². The molecular formula is C19H36O3. The number of carboxylic acid groups (broad SMARTS) is 1. The van der Waals surface area contributed by atoms with Gasteiger partial charge in [0.15, 0.2) is 0 Å². The summed E-state index contributed by atoms with van der Waals surface area (Å²) in [5.41, 5.74) is 0. The molecule has 3 nitrogen and oxygen atoms in total. The highest BCUT2D eigenvalue weighted by Crippen LogP contribution is 2.12. The van der Waals surface area contributed by atoms with Crippen LogP contribution in [0.1, 0.15) is 110 Å². The number of carbonyl (C=O) groups excluding carboxylic acids is 1. The zero-order chi connectivity index (χ0) is 16.5. The summed E-state index contributed by atoms with van der Waals surface area (Å²) in [7, 11) is 0. The van der Waals surface area contributed by atoms with Gasteiger partial charge in [0, 0.05) is 19.3 Å². The Morgan fingerprint density at radius 2 is 0.955 bits per heavy atom. The molecule has 0 aromatic heterocycles. The van der Waals surface area contributed by atoms with Gasteiger partial charge in [0.1, 0.15) is 5.78 Å². The van der Waals surface area contributed by atoms with Gasteiger partial charge in [-0.3, -0.25) is 9.59 Å². The van der Waals surface area contributed by atoms with E-state index < -0.39 is 5.97 Å². The molecule has 0 spiro atoms. The number of carbonyl (C=O) groups is 2. The third-order valence-electron chi connectivity index (χ3n) is 4.16. The minimum Gasteiger partial charge on any atom is -0.481 e. The summed E-state index contributed by atoms with van der Waals surface area (Å²) in [4.78, 5) is 22.0. The van der Waals surface area contributed by atoms with Crippen LogP contribution in [0.5, 0.6) is 0 Å². The number of Topliss-reactive ketones (excluding diaryl/α,β-unsaturated/α-hetero) is 1. The lowest BCUT2D eigenvalue weighted by Crippen LogP contribution is -1.98. The Bertz CT molecular complexity index is 274. The first-order valence-electron chi connectivity index (χ1n) is 9.40. The number of hydrogen-bond donors (Lipinski definition) is 1. The third kappa shape index (κ3) is 17.2. The lowest BCUT2D eigenvalue weighted by atomic mass is 10.0. The second-order valence-corrected chi connectivity index (χ2v) is 6.43. The molecule has 0 aliphatic heterocycles. The Morgan fingerprint density at radius 1 is 0.591 bits per heavy atom. The van der Waals surface area contributed by atoms with Crippen molar-refractivity contribution in [3.8, 4) is 0 Å². The normalized spacial score (nSPS) is 10.8. The molecule has 0 amide bonds. The highest BCUT2D eigenvalue weighted by molar-refractivity contribution is 5.78. The van der Waals surface area contributed by atoms with Gasteiger partial charge in [-0.25, -0.2) is 0 Å². The molecule has 0 radical (unpaired) electrons. The first-order valence-corrected chi connectivity index (χ1v) is 9.40. The van der Waals surface area contributed by atoms with Crippen LogP contribution in [0.25, 0.3) is 0 Å². The zero-order valence-electron chi connectivity index (χ0n) is 14.6. The molecule has 130 valence electrons. The van der Waals surface area contributed by atoms with Crippen molar-refractivity contribution in [1.82, 2.24) is 0 Å². The van der Waals surface area contributed by atoms with Gasteiger partial charge in [-0.05, 0) is 19.3 Å². The Balaban J connectivity index is 3.17. The average Bonchev–Trinajstić information content (AvgIpc) is 2.48. The lowest BCUT2D eigenvalue weighted by molar-refractivity contribution is -0.137. The summed E-state index contributed by atoms with van der Waals surface area (Å²) in [5, 5.41) is 8.52. The van der Waals surface area contributed by atoms with Crippen LogP contribution in [0, 0.1) is 0 Å². The lowest BCUT2D eigenvalue weighted by Gasteiger charge is -2.03. The van der Waals surface area contributed by atoms with Crippen LogP contribution in [0.3, 0.4) is 0 Å². The van der Waals surface area contributed by atoms with Crippen molar-refractivity contribution >= 4 is 11.8 Å². The van der Waals surface area contributed by atoms with Crippen LogP contribution in [-0.2, 0) is 9.59 Å². The predicted molar refractivity (Wildman–Crippen MR) is 92.2 cm³/mol. The molecule has 22 heavy (non-hydrogen) atoms. The van der Waals surface area contributed by atoms with E-state index in [1.807, 2.05) is 0 Å². The van der Waals surface area contributed by atoms with Crippen LogP contribution in [0.2, 0.25) is 0 Å². The van der Waals surface area contributed by atoms with E-state index in [0.29, 0.717) is 12.2 Å². The highest BCUT2D eigenvalue weighted by Gasteiger charge is 2.02. The largest absolute Gasteiger partial charge is 0.481 e. The number of ketones is 1. The summed E-state index contributed by atoms with van der Waals surface area (Å²) in [6, 6.07) is 0. The molecule has 0 saturated carbocycles. The molecule has 0 rings (SSSR count). The van der Waals surface area contributed by atoms with Crippen molar-refractivity contribution in [3.63, 3.8) is 0 Å². The molecule has 0 aliphatic carbocycles. The molecule has 0 unspecified atom stereocenters. The minimum atomic E-state index is -0.721. The van der Waals surface area contributed by atoms with Gasteiger partial charge in [0.05, 0.1) is 0 Å². The number of unbranched alkanes of at least 4 members (excludes halogenated alkanes) is 11. The molecule has 0 atom stereocenters. The zero-order valence-corrected chi connectivity index (χ0v) is 14.6. The fraction of sp³-hybridized carbons (Fsp3) is 0.895. The highest BCUT2D eigenvalue weighted by atomic mass is 16.4. The molecule has 0 aliphatic rings. The first-order chi connectivity index (χ1) is 10.7. The Kier molecular flexibility index (Phi) is 15.9. The molecule has 0 bridgehead atoms. The van der Waals surface area contributed by atoms with Crippen LogP contribution in [-0.4, -0.2) is 16.9 Å². The molecule has 3 heteroatoms. The fourth-order valence-corrected chi connectivity index (χ4v) is 2.71. The van der Waals surface area contributed by atoms with E-state index in [1.54, 1.807) is 0 Å². The molecule has 0 saturated heterocycles. The SMILES string of the molecule is CCCCCCCCCCCC(=O)CCCCCCC(=O)O. The van der Waals surface area contributed by atoms with E-state index in [-0.39, 0.29) is 6.42 Å². The number of carboxylic acids is 1. The smallest absolute Gasteiger partial charge is 0.303 e. The number of rotatable bonds is 17. The maximum absolute atomic E-state index is 11.7. The van der Waals surface area contributed by atoms with Crippen molar-refractivity contribution < 1.29 is 14.7 Å². The predicted octanol–water partition coefficient (Wildman–Crippen LogP) is 5.90. The Morgan fingerprint density at radius 3 is 1.36 bits per heavy atom. The molecule has 0 aromatic carbocycles. The topological polar surface area (TPSA) is 54.4 Å². The first kappa shape index (κ1) is 21.1. The second-order valence-electron chi connectivity index (χ2n) is 6.43. The average molecular weight is 312 g/mol.